The Morgan fingerprint density at radius 2 is 2.28 bits per heavy atom. The van der Waals surface area contributed by atoms with Crippen LogP contribution in [0.15, 0.2) is 28.9 Å². The topological polar surface area (TPSA) is 42.7 Å². The molecule has 0 unspecified atom stereocenters. The zero-order chi connectivity index (χ0) is 13.0. The Kier molecular flexibility index (Phi) is 4.43. The van der Waals surface area contributed by atoms with E-state index in [-0.39, 0.29) is 5.82 Å². The van der Waals surface area contributed by atoms with Gasteiger partial charge in [-0.1, -0.05) is 18.2 Å². The quantitative estimate of drug-likeness (QED) is 0.863. The van der Waals surface area contributed by atoms with Gasteiger partial charge in [0.25, 0.3) is 0 Å². The zero-order valence-corrected chi connectivity index (χ0v) is 11.6. The Bertz CT molecular complexity index is 506. The van der Waals surface area contributed by atoms with E-state index in [1.807, 2.05) is 0 Å². The molecule has 1 heterocycles. The minimum atomic E-state index is -0.327. The van der Waals surface area contributed by atoms with Crippen molar-refractivity contribution in [3.05, 3.63) is 40.4 Å². The van der Waals surface area contributed by atoms with Gasteiger partial charge >= 0.3 is 0 Å². The Morgan fingerprint density at radius 3 is 3.00 bits per heavy atom. The van der Waals surface area contributed by atoms with E-state index in [2.05, 4.69) is 38.5 Å². The van der Waals surface area contributed by atoms with Crippen molar-refractivity contribution >= 4 is 15.9 Å². The van der Waals surface area contributed by atoms with E-state index in [0.717, 1.165) is 18.7 Å². The van der Waals surface area contributed by atoms with E-state index in [0.29, 0.717) is 16.7 Å². The van der Waals surface area contributed by atoms with Gasteiger partial charge in [-0.2, -0.15) is 0 Å². The molecule has 0 saturated carbocycles. The second kappa shape index (κ2) is 6.06. The number of rotatable bonds is 5. The highest BCUT2D eigenvalue weighted by Crippen LogP contribution is 2.24. The van der Waals surface area contributed by atoms with E-state index in [1.54, 1.807) is 18.3 Å². The Labute approximate surface area is 113 Å². The first-order valence-electron chi connectivity index (χ1n) is 5.78. The normalized spacial score (nSPS) is 10.8. The van der Waals surface area contributed by atoms with Gasteiger partial charge in [0.05, 0.1) is 11.9 Å². The first-order chi connectivity index (χ1) is 8.74. The van der Waals surface area contributed by atoms with Crippen LogP contribution in [0.25, 0.3) is 5.69 Å². The third-order valence-electron chi connectivity index (χ3n) is 2.50. The van der Waals surface area contributed by atoms with Gasteiger partial charge in [-0.25, -0.2) is 9.07 Å². The number of nitrogens with one attached hydrogen (secondary N) is 1. The third-order valence-corrected chi connectivity index (χ3v) is 3.14. The van der Waals surface area contributed by atoms with E-state index in [4.69, 9.17) is 0 Å². The highest BCUT2D eigenvalue weighted by Gasteiger charge is 2.13. The minimum absolute atomic E-state index is 0.327. The van der Waals surface area contributed by atoms with Crippen LogP contribution in [-0.4, -0.2) is 21.5 Å². The molecular weight excluding hydrogens is 299 g/mol. The standard InChI is InChI=1S/C12H14BrFN4/c1-2-6-15-7-9-8-16-17-18(9)12-10(13)4-3-5-11(12)14/h3-5,8,15H,2,6-7H2,1H3. The van der Waals surface area contributed by atoms with E-state index in [9.17, 15) is 4.39 Å². The van der Waals surface area contributed by atoms with Crippen LogP contribution in [0.5, 0.6) is 0 Å². The predicted molar refractivity (Wildman–Crippen MR) is 71.0 cm³/mol. The summed E-state index contributed by atoms with van der Waals surface area (Å²) in [6.45, 7) is 3.61. The van der Waals surface area contributed by atoms with Gasteiger partial charge in [0.2, 0.25) is 0 Å². The molecule has 0 aliphatic rings. The van der Waals surface area contributed by atoms with Crippen LogP contribution in [0, 0.1) is 5.82 Å². The van der Waals surface area contributed by atoms with Crippen molar-refractivity contribution in [2.45, 2.75) is 19.9 Å². The molecule has 0 aliphatic carbocycles. The molecule has 1 N–H and O–H groups in total. The van der Waals surface area contributed by atoms with Gasteiger partial charge < -0.3 is 5.32 Å². The van der Waals surface area contributed by atoms with Gasteiger partial charge in [-0.05, 0) is 41.0 Å². The van der Waals surface area contributed by atoms with Crippen molar-refractivity contribution < 1.29 is 4.39 Å². The van der Waals surface area contributed by atoms with Crippen molar-refractivity contribution in [2.75, 3.05) is 6.54 Å². The van der Waals surface area contributed by atoms with Gasteiger partial charge in [0.15, 0.2) is 0 Å². The largest absolute Gasteiger partial charge is 0.311 e. The Balaban J connectivity index is 2.31. The van der Waals surface area contributed by atoms with Crippen LogP contribution >= 0.6 is 15.9 Å². The fourth-order valence-electron chi connectivity index (χ4n) is 1.65. The molecule has 0 bridgehead atoms. The Hall–Kier alpha value is -1.27. The van der Waals surface area contributed by atoms with Crippen molar-refractivity contribution in [3.63, 3.8) is 0 Å². The summed E-state index contributed by atoms with van der Waals surface area (Å²) >= 11 is 3.34. The number of para-hydroxylation sites is 1. The molecule has 4 nitrogen and oxygen atoms in total. The average molecular weight is 313 g/mol. The van der Waals surface area contributed by atoms with Gasteiger partial charge in [-0.3, -0.25) is 0 Å². The smallest absolute Gasteiger partial charge is 0.150 e. The summed E-state index contributed by atoms with van der Waals surface area (Å²) in [4.78, 5) is 0. The number of aromatic nitrogens is 3. The molecule has 1 aromatic heterocycles. The maximum atomic E-state index is 13.8. The maximum Gasteiger partial charge on any atom is 0.150 e. The highest BCUT2D eigenvalue weighted by molar-refractivity contribution is 9.10. The number of halogens is 2. The van der Waals surface area contributed by atoms with E-state index >= 15 is 0 Å². The van der Waals surface area contributed by atoms with Crippen molar-refractivity contribution in [2.24, 2.45) is 0 Å². The lowest BCUT2D eigenvalue weighted by Gasteiger charge is -2.09. The van der Waals surface area contributed by atoms with Gasteiger partial charge in [-0.15, -0.1) is 5.10 Å². The minimum Gasteiger partial charge on any atom is -0.311 e. The molecule has 0 spiro atoms. The fraction of sp³-hybridized carbons (Fsp3) is 0.333. The Morgan fingerprint density at radius 1 is 1.44 bits per heavy atom. The average Bonchev–Trinajstić information content (AvgIpc) is 2.78. The number of benzene rings is 1. The molecule has 2 aromatic rings. The van der Waals surface area contributed by atoms with Crippen LogP contribution in [0.4, 0.5) is 4.39 Å². The molecule has 6 heteroatoms. The summed E-state index contributed by atoms with van der Waals surface area (Å²) in [6, 6.07) is 4.84. The van der Waals surface area contributed by atoms with Crippen LogP contribution in [0.3, 0.4) is 0 Å². The van der Waals surface area contributed by atoms with E-state index in [1.165, 1.54) is 10.7 Å². The predicted octanol–water partition coefficient (Wildman–Crippen LogP) is 2.67. The van der Waals surface area contributed by atoms with Crippen LogP contribution in [0.1, 0.15) is 19.0 Å². The monoisotopic (exact) mass is 312 g/mol. The van der Waals surface area contributed by atoms with Crippen LogP contribution in [-0.2, 0) is 6.54 Å². The first kappa shape index (κ1) is 13.2. The number of nitrogens with zero attached hydrogens (tertiary/aromatic N) is 3. The lowest BCUT2D eigenvalue weighted by Crippen LogP contribution is -2.17. The summed E-state index contributed by atoms with van der Waals surface area (Å²) in [6.07, 6.45) is 2.69. The molecule has 2 rings (SSSR count). The molecule has 0 radical (unpaired) electrons. The highest BCUT2D eigenvalue weighted by atomic mass is 79.9. The first-order valence-corrected chi connectivity index (χ1v) is 6.58. The lowest BCUT2D eigenvalue weighted by molar-refractivity contribution is 0.590. The van der Waals surface area contributed by atoms with Gasteiger partial charge in [0.1, 0.15) is 11.5 Å². The molecule has 1 aromatic carbocycles. The second-order valence-electron chi connectivity index (χ2n) is 3.88. The van der Waals surface area contributed by atoms with Crippen molar-refractivity contribution in [3.8, 4) is 5.69 Å². The SMILES string of the molecule is CCCNCc1cnnn1-c1c(F)cccc1Br. The summed E-state index contributed by atoms with van der Waals surface area (Å²) in [5.41, 5.74) is 1.22. The fourth-order valence-corrected chi connectivity index (χ4v) is 2.16. The second-order valence-corrected chi connectivity index (χ2v) is 4.74. The number of hydrogen-bond acceptors (Lipinski definition) is 3. The van der Waals surface area contributed by atoms with Gasteiger partial charge in [0, 0.05) is 11.0 Å². The summed E-state index contributed by atoms with van der Waals surface area (Å²) in [5, 5.41) is 11.0. The molecule has 0 fully saturated rings. The lowest BCUT2D eigenvalue weighted by atomic mass is 10.3. The number of hydrogen-bond donors (Lipinski definition) is 1. The molecule has 96 valence electrons. The summed E-state index contributed by atoms with van der Waals surface area (Å²) < 4.78 is 16.0. The molecule has 0 saturated heterocycles. The molecule has 0 amide bonds. The molecule has 0 atom stereocenters. The van der Waals surface area contributed by atoms with Crippen LogP contribution < -0.4 is 5.32 Å². The molecular formula is C12H14BrFN4. The summed E-state index contributed by atoms with van der Waals surface area (Å²) in [5.74, 6) is -0.327. The molecule has 0 aliphatic heterocycles. The van der Waals surface area contributed by atoms with E-state index < -0.39 is 0 Å². The maximum absolute atomic E-state index is 13.8. The van der Waals surface area contributed by atoms with Crippen molar-refractivity contribution in [1.29, 1.82) is 0 Å². The van der Waals surface area contributed by atoms with Crippen molar-refractivity contribution in [1.82, 2.24) is 20.3 Å². The molecule has 18 heavy (non-hydrogen) atoms. The summed E-state index contributed by atoms with van der Waals surface area (Å²) in [7, 11) is 0. The third kappa shape index (κ3) is 2.76. The zero-order valence-electron chi connectivity index (χ0n) is 10.0. The van der Waals surface area contributed by atoms with Crippen LogP contribution in [0.2, 0.25) is 0 Å².